The summed E-state index contributed by atoms with van der Waals surface area (Å²) >= 11 is 0. The van der Waals surface area contributed by atoms with Crippen molar-refractivity contribution in [1.29, 1.82) is 0 Å². The van der Waals surface area contributed by atoms with Crippen LogP contribution in [0.3, 0.4) is 0 Å². The Labute approximate surface area is 83.0 Å². The summed E-state index contributed by atoms with van der Waals surface area (Å²) in [6.07, 6.45) is 0.980. The maximum absolute atomic E-state index is 10.8. The fourth-order valence-electron chi connectivity index (χ4n) is 1.21. The van der Waals surface area contributed by atoms with E-state index in [9.17, 15) is 9.59 Å². The molecule has 0 spiro atoms. The first kappa shape index (κ1) is 9.13. The van der Waals surface area contributed by atoms with Gasteiger partial charge in [0, 0.05) is 6.20 Å². The molecule has 0 amide bonds. The molecule has 2 heterocycles. The number of carboxylic acids is 1. The molecule has 0 aromatic carbocycles. The van der Waals surface area contributed by atoms with Crippen LogP contribution in [0.15, 0.2) is 18.6 Å². The lowest BCUT2D eigenvalue weighted by molar-refractivity contribution is 0.0683. The number of carbonyl (C=O) groups is 2. The summed E-state index contributed by atoms with van der Waals surface area (Å²) in [6.45, 7) is 0. The van der Waals surface area contributed by atoms with Crippen molar-refractivity contribution >= 4 is 12.1 Å². The third-order valence-corrected chi connectivity index (χ3v) is 1.87. The molecule has 0 aromatic rings. The number of hydrogen-bond donors (Lipinski definition) is 2. The summed E-state index contributed by atoms with van der Waals surface area (Å²) in [5, 5.41) is 17.5. The van der Waals surface area contributed by atoms with Gasteiger partial charge in [-0.2, -0.15) is 0 Å². The molecule has 0 aromatic heterocycles. The van der Waals surface area contributed by atoms with Crippen molar-refractivity contribution in [1.82, 2.24) is 14.5 Å². The summed E-state index contributed by atoms with van der Waals surface area (Å²) in [6, 6.07) is 1.17. The van der Waals surface area contributed by atoms with Gasteiger partial charge in [0.1, 0.15) is 17.7 Å². The minimum atomic E-state index is -1.38. The first-order valence-corrected chi connectivity index (χ1v) is 3.89. The van der Waals surface area contributed by atoms with Crippen LogP contribution < -0.4 is 0 Å². The summed E-state index contributed by atoms with van der Waals surface area (Å²) in [4.78, 5) is 29.1. The maximum Gasteiger partial charge on any atom is 0.416 e. The lowest BCUT2D eigenvalue weighted by atomic mass is 10.2. The van der Waals surface area contributed by atoms with Gasteiger partial charge in [0.2, 0.25) is 0 Å². The molecule has 2 aliphatic heterocycles. The second-order valence-corrected chi connectivity index (χ2v) is 2.76. The number of nitrogens with zero attached hydrogens (tertiary/aromatic N) is 3. The maximum atomic E-state index is 10.8. The zero-order chi connectivity index (χ0) is 11.0. The van der Waals surface area contributed by atoms with Gasteiger partial charge >= 0.3 is 12.1 Å². The second-order valence-electron chi connectivity index (χ2n) is 2.76. The molecule has 0 fully saturated rings. The highest BCUT2D eigenvalue weighted by Gasteiger charge is 2.18. The van der Waals surface area contributed by atoms with Crippen molar-refractivity contribution in [3.63, 3.8) is 0 Å². The number of rotatable bonds is 1. The molecule has 0 atom stereocenters. The van der Waals surface area contributed by atoms with E-state index in [1.54, 1.807) is 0 Å². The van der Waals surface area contributed by atoms with Crippen LogP contribution in [0.25, 0.3) is 11.4 Å². The van der Waals surface area contributed by atoms with Gasteiger partial charge in [-0.15, -0.1) is 0 Å². The first-order chi connectivity index (χ1) is 7.09. The van der Waals surface area contributed by atoms with Crippen LogP contribution in [0.4, 0.5) is 4.79 Å². The van der Waals surface area contributed by atoms with E-state index in [1.165, 1.54) is 12.4 Å². The number of carboxylic acid groups (broad SMARTS) is 2. The minimum absolute atomic E-state index is 0.336. The van der Waals surface area contributed by atoms with Crippen LogP contribution in [-0.2, 0) is 0 Å². The highest BCUT2D eigenvalue weighted by molar-refractivity contribution is 5.91. The quantitative estimate of drug-likeness (QED) is 0.709. The minimum Gasteiger partial charge on any atom is -0.477 e. The number of fused-ring (bicyclic) bond motifs is 1. The molecule has 2 rings (SSSR count). The Bertz CT molecular complexity index is 474. The Morgan fingerprint density at radius 3 is 2.47 bits per heavy atom. The standard InChI is InChI=1S/C8H5N3O4/c12-7(13)6-1-4-5(10-3-9-4)2-11(6)8(14)15/h1-3H,(H,12,13)(H,14,15). The van der Waals surface area contributed by atoms with E-state index in [0.29, 0.717) is 16.0 Å². The van der Waals surface area contributed by atoms with Crippen molar-refractivity contribution < 1.29 is 19.8 Å². The van der Waals surface area contributed by atoms with E-state index >= 15 is 0 Å². The third kappa shape index (κ3) is 1.39. The topological polar surface area (TPSA) is 105 Å². The lowest BCUT2D eigenvalue weighted by Gasteiger charge is -2.06. The highest BCUT2D eigenvalue weighted by Crippen LogP contribution is 2.18. The van der Waals surface area contributed by atoms with E-state index in [2.05, 4.69) is 9.97 Å². The van der Waals surface area contributed by atoms with E-state index < -0.39 is 12.1 Å². The molecule has 7 heteroatoms. The van der Waals surface area contributed by atoms with Gasteiger partial charge in [0.05, 0.1) is 5.69 Å². The SMILES string of the molecule is O=C(O)c1cc2ncnc-2cn1C(=O)O. The number of aromatic nitrogens is 3. The fourth-order valence-corrected chi connectivity index (χ4v) is 1.21. The Kier molecular flexibility index (Phi) is 1.86. The number of aromatic carboxylic acids is 1. The second kappa shape index (κ2) is 3.05. The summed E-state index contributed by atoms with van der Waals surface area (Å²) in [7, 11) is 0. The molecule has 76 valence electrons. The molecule has 15 heavy (non-hydrogen) atoms. The van der Waals surface area contributed by atoms with Crippen molar-refractivity contribution in [2.24, 2.45) is 0 Å². The molecule has 0 aliphatic carbocycles. The highest BCUT2D eigenvalue weighted by atomic mass is 16.4. The van der Waals surface area contributed by atoms with Crippen LogP contribution in [-0.4, -0.2) is 36.8 Å². The van der Waals surface area contributed by atoms with Crippen molar-refractivity contribution in [2.45, 2.75) is 0 Å². The predicted octanol–water partition coefficient (Wildman–Crippen LogP) is 0.607. The smallest absolute Gasteiger partial charge is 0.416 e. The average Bonchev–Trinajstić information content (AvgIpc) is 2.61. The van der Waals surface area contributed by atoms with Gasteiger partial charge in [-0.1, -0.05) is 0 Å². The van der Waals surface area contributed by atoms with Crippen LogP contribution in [0, 0.1) is 0 Å². The summed E-state index contributed by atoms with van der Waals surface area (Å²) < 4.78 is 0.597. The van der Waals surface area contributed by atoms with Crippen LogP contribution >= 0.6 is 0 Å². The van der Waals surface area contributed by atoms with Gasteiger partial charge in [0.25, 0.3) is 0 Å². The van der Waals surface area contributed by atoms with Gasteiger partial charge in [-0.05, 0) is 6.07 Å². The molecule has 2 aliphatic rings. The van der Waals surface area contributed by atoms with Crippen molar-refractivity contribution in [2.75, 3.05) is 0 Å². The zero-order valence-electron chi connectivity index (χ0n) is 7.28. The summed E-state index contributed by atoms with van der Waals surface area (Å²) in [5.74, 6) is -1.33. The molecule has 2 N–H and O–H groups in total. The van der Waals surface area contributed by atoms with Gasteiger partial charge < -0.3 is 10.2 Å². The molecule has 0 saturated heterocycles. The predicted molar refractivity (Wildman–Crippen MR) is 47.0 cm³/mol. The number of hydrogen-bond acceptors (Lipinski definition) is 4. The van der Waals surface area contributed by atoms with Gasteiger partial charge in [-0.25, -0.2) is 24.1 Å². The molecular formula is C8H5N3O4. The summed E-state index contributed by atoms with van der Waals surface area (Å²) in [5.41, 5.74) is 0.322. The fraction of sp³-hybridized carbons (Fsp3) is 0. The molecular weight excluding hydrogens is 202 g/mol. The van der Waals surface area contributed by atoms with E-state index in [1.807, 2.05) is 0 Å². The zero-order valence-corrected chi connectivity index (χ0v) is 7.28. The largest absolute Gasteiger partial charge is 0.477 e. The molecule has 0 radical (unpaired) electrons. The van der Waals surface area contributed by atoms with Gasteiger partial charge in [0.15, 0.2) is 0 Å². The average molecular weight is 207 g/mol. The van der Waals surface area contributed by atoms with Crippen LogP contribution in [0.2, 0.25) is 0 Å². The number of imidazole rings is 1. The van der Waals surface area contributed by atoms with E-state index in [4.69, 9.17) is 10.2 Å². The molecule has 0 bridgehead atoms. The van der Waals surface area contributed by atoms with Crippen LogP contribution in [0.5, 0.6) is 0 Å². The molecule has 7 nitrogen and oxygen atoms in total. The molecule has 0 unspecified atom stereocenters. The third-order valence-electron chi connectivity index (χ3n) is 1.87. The lowest BCUT2D eigenvalue weighted by Crippen LogP contribution is -2.18. The Morgan fingerprint density at radius 2 is 1.87 bits per heavy atom. The van der Waals surface area contributed by atoms with Crippen molar-refractivity contribution in [3.8, 4) is 11.4 Å². The monoisotopic (exact) mass is 207 g/mol. The molecule has 0 saturated carbocycles. The van der Waals surface area contributed by atoms with Crippen LogP contribution in [0.1, 0.15) is 10.5 Å². The van der Waals surface area contributed by atoms with Gasteiger partial charge in [-0.3, -0.25) is 0 Å². The van der Waals surface area contributed by atoms with Crippen molar-refractivity contribution in [3.05, 3.63) is 24.3 Å². The number of pyridine rings is 1. The normalized spacial score (nSPS) is 10.4. The van der Waals surface area contributed by atoms with E-state index in [-0.39, 0.29) is 5.69 Å². The Morgan fingerprint density at radius 1 is 1.20 bits per heavy atom. The van der Waals surface area contributed by atoms with E-state index in [0.717, 1.165) is 6.20 Å². The Balaban J connectivity index is 2.75. The Hall–Kier alpha value is -2.44. The first-order valence-electron chi connectivity index (χ1n) is 3.89.